The van der Waals surface area contributed by atoms with Crippen molar-refractivity contribution in [1.82, 2.24) is 0 Å². The lowest BCUT2D eigenvalue weighted by Gasteiger charge is -2.25. The SMILES string of the molecule is NC(=O)CO[C@@H]1CCCc2ccccc21. The fourth-order valence-corrected chi connectivity index (χ4v) is 2.07. The maximum Gasteiger partial charge on any atom is 0.243 e. The van der Waals surface area contributed by atoms with E-state index in [2.05, 4.69) is 12.1 Å². The van der Waals surface area contributed by atoms with Crippen molar-refractivity contribution in [2.24, 2.45) is 5.73 Å². The van der Waals surface area contributed by atoms with Crippen LogP contribution in [0.1, 0.15) is 30.1 Å². The van der Waals surface area contributed by atoms with Crippen molar-refractivity contribution in [3.63, 3.8) is 0 Å². The quantitative estimate of drug-likeness (QED) is 0.814. The average Bonchev–Trinajstić information content (AvgIpc) is 2.26. The average molecular weight is 205 g/mol. The third-order valence-electron chi connectivity index (χ3n) is 2.74. The third-order valence-corrected chi connectivity index (χ3v) is 2.74. The molecule has 0 unspecified atom stereocenters. The van der Waals surface area contributed by atoms with Crippen molar-refractivity contribution in [3.8, 4) is 0 Å². The molecule has 15 heavy (non-hydrogen) atoms. The normalized spacial score (nSPS) is 19.6. The van der Waals surface area contributed by atoms with Gasteiger partial charge in [-0.3, -0.25) is 4.79 Å². The smallest absolute Gasteiger partial charge is 0.243 e. The number of benzene rings is 1. The molecule has 0 aromatic heterocycles. The Morgan fingerprint density at radius 3 is 3.07 bits per heavy atom. The molecule has 0 saturated carbocycles. The molecule has 1 amide bonds. The summed E-state index contributed by atoms with van der Waals surface area (Å²) in [4.78, 5) is 10.7. The first-order valence-corrected chi connectivity index (χ1v) is 5.25. The zero-order valence-electron chi connectivity index (χ0n) is 8.61. The van der Waals surface area contributed by atoms with Crippen LogP contribution in [-0.2, 0) is 16.0 Å². The van der Waals surface area contributed by atoms with Gasteiger partial charge in [-0.15, -0.1) is 0 Å². The molecular weight excluding hydrogens is 190 g/mol. The lowest BCUT2D eigenvalue weighted by molar-refractivity contribution is -0.124. The Morgan fingerprint density at radius 2 is 2.27 bits per heavy atom. The molecule has 0 radical (unpaired) electrons. The van der Waals surface area contributed by atoms with Gasteiger partial charge in [0.1, 0.15) is 6.61 Å². The summed E-state index contributed by atoms with van der Waals surface area (Å²) in [6, 6.07) is 8.23. The molecule has 3 nitrogen and oxygen atoms in total. The molecule has 1 aliphatic rings. The number of hydrogen-bond acceptors (Lipinski definition) is 2. The molecule has 2 N–H and O–H groups in total. The minimum atomic E-state index is -0.405. The number of fused-ring (bicyclic) bond motifs is 1. The number of carbonyl (C=O) groups excluding carboxylic acids is 1. The predicted octanol–water partition coefficient (Wildman–Crippen LogP) is 1.57. The van der Waals surface area contributed by atoms with E-state index >= 15 is 0 Å². The Morgan fingerprint density at radius 1 is 1.47 bits per heavy atom. The van der Waals surface area contributed by atoms with E-state index in [1.165, 1.54) is 11.1 Å². The van der Waals surface area contributed by atoms with Gasteiger partial charge in [0.05, 0.1) is 6.10 Å². The van der Waals surface area contributed by atoms with Crippen LogP contribution >= 0.6 is 0 Å². The topological polar surface area (TPSA) is 52.3 Å². The highest BCUT2D eigenvalue weighted by molar-refractivity contribution is 5.75. The van der Waals surface area contributed by atoms with Gasteiger partial charge in [0.25, 0.3) is 0 Å². The first-order chi connectivity index (χ1) is 7.27. The molecule has 2 rings (SSSR count). The van der Waals surface area contributed by atoms with Crippen molar-refractivity contribution in [2.45, 2.75) is 25.4 Å². The van der Waals surface area contributed by atoms with Gasteiger partial charge in [0.2, 0.25) is 5.91 Å². The van der Waals surface area contributed by atoms with E-state index in [-0.39, 0.29) is 12.7 Å². The standard InChI is InChI=1S/C12H15NO2/c13-12(14)8-15-11-7-3-5-9-4-1-2-6-10(9)11/h1-2,4,6,11H,3,5,7-8H2,(H2,13,14)/t11-/m1/s1. The van der Waals surface area contributed by atoms with Crippen LogP contribution in [0.5, 0.6) is 0 Å². The maximum absolute atomic E-state index is 10.7. The first-order valence-electron chi connectivity index (χ1n) is 5.25. The van der Waals surface area contributed by atoms with Crippen LogP contribution in [0.15, 0.2) is 24.3 Å². The van der Waals surface area contributed by atoms with Gasteiger partial charge < -0.3 is 10.5 Å². The van der Waals surface area contributed by atoms with Crippen LogP contribution in [-0.4, -0.2) is 12.5 Å². The van der Waals surface area contributed by atoms with E-state index in [0.717, 1.165) is 19.3 Å². The fraction of sp³-hybridized carbons (Fsp3) is 0.417. The van der Waals surface area contributed by atoms with Crippen molar-refractivity contribution < 1.29 is 9.53 Å². The van der Waals surface area contributed by atoms with Gasteiger partial charge in [-0.1, -0.05) is 24.3 Å². The van der Waals surface area contributed by atoms with Gasteiger partial charge in [0.15, 0.2) is 0 Å². The van der Waals surface area contributed by atoms with Crippen LogP contribution in [0.4, 0.5) is 0 Å². The molecule has 3 heteroatoms. The second-order valence-corrected chi connectivity index (χ2v) is 3.86. The molecule has 0 spiro atoms. The highest BCUT2D eigenvalue weighted by Gasteiger charge is 2.20. The van der Waals surface area contributed by atoms with E-state index in [9.17, 15) is 4.79 Å². The zero-order chi connectivity index (χ0) is 10.7. The molecule has 1 atom stereocenters. The number of ether oxygens (including phenoxy) is 1. The summed E-state index contributed by atoms with van der Waals surface area (Å²) >= 11 is 0. The number of nitrogens with two attached hydrogens (primary N) is 1. The van der Waals surface area contributed by atoms with Crippen LogP contribution in [0.25, 0.3) is 0 Å². The molecule has 1 aliphatic carbocycles. The van der Waals surface area contributed by atoms with Crippen molar-refractivity contribution in [3.05, 3.63) is 35.4 Å². The molecule has 80 valence electrons. The van der Waals surface area contributed by atoms with E-state index in [0.29, 0.717) is 0 Å². The Kier molecular flexibility index (Phi) is 3.02. The molecular formula is C12H15NO2. The number of amides is 1. The summed E-state index contributed by atoms with van der Waals surface area (Å²) in [6.07, 6.45) is 3.24. The number of hydrogen-bond donors (Lipinski definition) is 1. The largest absolute Gasteiger partial charge is 0.368 e. The minimum absolute atomic E-state index is 0.0129. The lowest BCUT2D eigenvalue weighted by Crippen LogP contribution is -2.22. The Labute approximate surface area is 89.2 Å². The number of carbonyl (C=O) groups is 1. The van der Waals surface area contributed by atoms with Crippen molar-refractivity contribution in [2.75, 3.05) is 6.61 Å². The molecule has 0 bridgehead atoms. The van der Waals surface area contributed by atoms with Gasteiger partial charge in [-0.25, -0.2) is 0 Å². The molecule has 0 saturated heterocycles. The highest BCUT2D eigenvalue weighted by atomic mass is 16.5. The third kappa shape index (κ3) is 2.36. The summed E-state index contributed by atoms with van der Waals surface area (Å²) < 4.78 is 5.50. The van der Waals surface area contributed by atoms with Crippen LogP contribution in [0, 0.1) is 0 Å². The summed E-state index contributed by atoms with van der Waals surface area (Å²) in [5.41, 5.74) is 7.61. The molecule has 1 aromatic rings. The van der Waals surface area contributed by atoms with Crippen LogP contribution in [0.3, 0.4) is 0 Å². The second kappa shape index (κ2) is 4.45. The maximum atomic E-state index is 10.7. The summed E-state index contributed by atoms with van der Waals surface area (Å²) in [5.74, 6) is -0.405. The van der Waals surface area contributed by atoms with Crippen LogP contribution in [0.2, 0.25) is 0 Å². The van der Waals surface area contributed by atoms with Crippen molar-refractivity contribution >= 4 is 5.91 Å². The van der Waals surface area contributed by atoms with E-state index in [1.807, 2.05) is 12.1 Å². The second-order valence-electron chi connectivity index (χ2n) is 3.86. The minimum Gasteiger partial charge on any atom is -0.368 e. The molecule has 0 aliphatic heterocycles. The van der Waals surface area contributed by atoms with Gasteiger partial charge in [0, 0.05) is 0 Å². The number of aryl methyl sites for hydroxylation is 1. The molecule has 1 aromatic carbocycles. The monoisotopic (exact) mass is 205 g/mol. The zero-order valence-corrected chi connectivity index (χ0v) is 8.61. The van der Waals surface area contributed by atoms with Gasteiger partial charge in [-0.05, 0) is 30.4 Å². The predicted molar refractivity (Wildman–Crippen MR) is 57.3 cm³/mol. The Balaban J connectivity index is 2.11. The summed E-state index contributed by atoms with van der Waals surface area (Å²) in [7, 11) is 0. The van der Waals surface area contributed by atoms with Crippen molar-refractivity contribution in [1.29, 1.82) is 0 Å². The Bertz CT molecular complexity index is 362. The molecule has 0 heterocycles. The van der Waals surface area contributed by atoms with Gasteiger partial charge in [-0.2, -0.15) is 0 Å². The number of rotatable bonds is 3. The highest BCUT2D eigenvalue weighted by Crippen LogP contribution is 2.31. The lowest BCUT2D eigenvalue weighted by atomic mass is 9.89. The van der Waals surface area contributed by atoms with Gasteiger partial charge >= 0.3 is 0 Å². The van der Waals surface area contributed by atoms with Crippen LogP contribution < -0.4 is 5.73 Å². The van der Waals surface area contributed by atoms with E-state index in [4.69, 9.17) is 10.5 Å². The fourth-order valence-electron chi connectivity index (χ4n) is 2.07. The molecule has 0 fully saturated rings. The summed E-state index contributed by atoms with van der Waals surface area (Å²) in [6.45, 7) is 0.0129. The van der Waals surface area contributed by atoms with E-state index in [1.54, 1.807) is 0 Å². The number of primary amides is 1. The summed E-state index contributed by atoms with van der Waals surface area (Å²) in [5, 5.41) is 0. The van der Waals surface area contributed by atoms with E-state index < -0.39 is 5.91 Å². The Hall–Kier alpha value is -1.35. The first kappa shape index (κ1) is 10.2.